The number of nitrogens with zero attached hydrogens (tertiary/aromatic N) is 1. The highest BCUT2D eigenvalue weighted by atomic mass is 79.9. The second kappa shape index (κ2) is 3.59. The molecule has 0 fully saturated rings. The fourth-order valence-electron chi connectivity index (χ4n) is 0.949. The molecule has 1 aromatic heterocycles. The number of aliphatic hydroxyl groups is 1. The van der Waals surface area contributed by atoms with Gasteiger partial charge < -0.3 is 5.11 Å². The van der Waals surface area contributed by atoms with E-state index >= 15 is 0 Å². The van der Waals surface area contributed by atoms with Gasteiger partial charge in [-0.25, -0.2) is 4.98 Å². The van der Waals surface area contributed by atoms with Gasteiger partial charge in [0.2, 0.25) is 0 Å². The molecule has 0 saturated heterocycles. The van der Waals surface area contributed by atoms with Crippen molar-refractivity contribution in [3.63, 3.8) is 0 Å². The zero-order valence-electron chi connectivity index (χ0n) is 7.01. The molecule has 1 heterocycles. The van der Waals surface area contributed by atoms with Gasteiger partial charge in [0.25, 0.3) is 0 Å². The second-order valence-corrected chi connectivity index (χ2v) is 4.92. The molecular formula is C7H8BrF2NOS. The Bertz CT molecular complexity index is 310. The SMILES string of the molecule is Cc1nc(C)c(C(O)C(F)(F)Br)s1. The highest BCUT2D eigenvalue weighted by molar-refractivity contribution is 9.10. The maximum Gasteiger partial charge on any atom is 0.331 e. The van der Waals surface area contributed by atoms with E-state index in [1.807, 2.05) is 0 Å². The summed E-state index contributed by atoms with van der Waals surface area (Å²) in [6, 6.07) is 0. The van der Waals surface area contributed by atoms with Crippen molar-refractivity contribution in [2.24, 2.45) is 0 Å². The molecule has 0 radical (unpaired) electrons. The predicted octanol–water partition coefficient (Wildman–Crippen LogP) is 2.78. The molecule has 2 nitrogen and oxygen atoms in total. The van der Waals surface area contributed by atoms with Crippen LogP contribution in [0, 0.1) is 13.8 Å². The molecule has 1 rings (SSSR count). The number of aromatic nitrogens is 1. The third kappa shape index (κ3) is 2.45. The molecule has 0 amide bonds. The molecule has 0 aliphatic heterocycles. The van der Waals surface area contributed by atoms with Gasteiger partial charge in [-0.1, -0.05) is 0 Å². The minimum Gasteiger partial charge on any atom is -0.380 e. The smallest absolute Gasteiger partial charge is 0.331 e. The second-order valence-electron chi connectivity index (χ2n) is 2.63. The first-order valence-corrected chi connectivity index (χ1v) is 5.12. The Morgan fingerprint density at radius 2 is 2.08 bits per heavy atom. The van der Waals surface area contributed by atoms with Crippen LogP contribution in [0.4, 0.5) is 8.78 Å². The Hall–Kier alpha value is -0.0700. The fourth-order valence-corrected chi connectivity index (χ4v) is 2.28. The van der Waals surface area contributed by atoms with Crippen LogP contribution in [0.2, 0.25) is 0 Å². The van der Waals surface area contributed by atoms with E-state index in [-0.39, 0.29) is 4.88 Å². The Labute approximate surface area is 86.7 Å². The standard InChI is InChI=1S/C7H8BrF2NOS/c1-3-5(13-4(2)11-3)6(12)7(8,9)10/h6,12H,1-2H3. The molecule has 1 atom stereocenters. The summed E-state index contributed by atoms with van der Waals surface area (Å²) in [4.78, 5) is 0.863. The number of hydrogen-bond donors (Lipinski definition) is 1. The molecular weight excluding hydrogens is 264 g/mol. The maximum atomic E-state index is 12.6. The molecule has 0 bridgehead atoms. The van der Waals surface area contributed by atoms with Gasteiger partial charge in [0.05, 0.1) is 15.6 Å². The number of halogens is 3. The summed E-state index contributed by atoms with van der Waals surface area (Å²) >= 11 is 3.20. The van der Waals surface area contributed by atoms with Crippen LogP contribution in [0.1, 0.15) is 21.7 Å². The molecule has 1 N–H and O–H groups in total. The largest absolute Gasteiger partial charge is 0.380 e. The first-order valence-electron chi connectivity index (χ1n) is 3.51. The van der Waals surface area contributed by atoms with Crippen molar-refractivity contribution in [1.82, 2.24) is 4.98 Å². The number of aliphatic hydroxyl groups excluding tert-OH is 1. The molecule has 1 aromatic rings. The van der Waals surface area contributed by atoms with Gasteiger partial charge in [-0.15, -0.1) is 11.3 Å². The Kier molecular flexibility index (Phi) is 3.04. The van der Waals surface area contributed by atoms with Gasteiger partial charge in [-0.3, -0.25) is 0 Å². The topological polar surface area (TPSA) is 33.1 Å². The van der Waals surface area contributed by atoms with E-state index < -0.39 is 10.9 Å². The van der Waals surface area contributed by atoms with Crippen LogP contribution in [-0.4, -0.2) is 14.9 Å². The lowest BCUT2D eigenvalue weighted by Gasteiger charge is -2.14. The molecule has 1 unspecified atom stereocenters. The Balaban J connectivity index is 3.01. The maximum absolute atomic E-state index is 12.6. The van der Waals surface area contributed by atoms with Crippen molar-refractivity contribution < 1.29 is 13.9 Å². The summed E-state index contributed by atoms with van der Waals surface area (Å²) in [5.74, 6) is 0. The van der Waals surface area contributed by atoms with Crippen LogP contribution in [-0.2, 0) is 0 Å². The highest BCUT2D eigenvalue weighted by Gasteiger charge is 2.38. The molecule has 0 aromatic carbocycles. The lowest BCUT2D eigenvalue weighted by atomic mass is 10.2. The number of rotatable bonds is 2. The first kappa shape index (κ1) is 11.0. The Morgan fingerprint density at radius 3 is 2.38 bits per heavy atom. The van der Waals surface area contributed by atoms with Crippen LogP contribution in [0.5, 0.6) is 0 Å². The number of hydrogen-bond acceptors (Lipinski definition) is 3. The van der Waals surface area contributed by atoms with Crippen LogP contribution in [0.3, 0.4) is 0 Å². The average molecular weight is 272 g/mol. The highest BCUT2D eigenvalue weighted by Crippen LogP contribution is 2.39. The van der Waals surface area contributed by atoms with Gasteiger partial charge >= 0.3 is 4.83 Å². The molecule has 0 saturated carbocycles. The zero-order chi connectivity index (χ0) is 10.2. The van der Waals surface area contributed by atoms with E-state index in [9.17, 15) is 13.9 Å². The molecule has 0 aliphatic rings. The third-order valence-electron chi connectivity index (χ3n) is 1.50. The molecule has 74 valence electrons. The number of thiazole rings is 1. The fraction of sp³-hybridized carbons (Fsp3) is 0.571. The lowest BCUT2D eigenvalue weighted by Crippen LogP contribution is -2.17. The van der Waals surface area contributed by atoms with E-state index in [1.165, 1.54) is 0 Å². The van der Waals surface area contributed by atoms with Crippen LogP contribution < -0.4 is 0 Å². The van der Waals surface area contributed by atoms with Gasteiger partial charge in [-0.05, 0) is 29.8 Å². The summed E-state index contributed by atoms with van der Waals surface area (Å²) in [5.41, 5.74) is 0.453. The molecule has 6 heteroatoms. The van der Waals surface area contributed by atoms with Crippen LogP contribution >= 0.6 is 27.3 Å². The van der Waals surface area contributed by atoms with Gasteiger partial charge in [0, 0.05) is 0 Å². The molecule has 0 spiro atoms. The predicted molar refractivity (Wildman–Crippen MR) is 50.4 cm³/mol. The Morgan fingerprint density at radius 1 is 1.54 bits per heavy atom. The number of alkyl halides is 3. The van der Waals surface area contributed by atoms with Crippen molar-refractivity contribution in [3.05, 3.63) is 15.6 Å². The quantitative estimate of drug-likeness (QED) is 0.840. The van der Waals surface area contributed by atoms with E-state index in [4.69, 9.17) is 0 Å². The van der Waals surface area contributed by atoms with E-state index in [0.29, 0.717) is 10.7 Å². The summed E-state index contributed by atoms with van der Waals surface area (Å²) in [6.45, 7) is 3.31. The minimum atomic E-state index is -3.29. The molecule has 0 aliphatic carbocycles. The average Bonchev–Trinajstić information content (AvgIpc) is 2.26. The monoisotopic (exact) mass is 271 g/mol. The number of aryl methyl sites for hydroxylation is 2. The van der Waals surface area contributed by atoms with Crippen molar-refractivity contribution >= 4 is 27.3 Å². The van der Waals surface area contributed by atoms with Gasteiger partial charge in [0.15, 0.2) is 6.10 Å². The molecule has 13 heavy (non-hydrogen) atoms. The van der Waals surface area contributed by atoms with Crippen molar-refractivity contribution in [2.45, 2.75) is 24.8 Å². The van der Waals surface area contributed by atoms with E-state index in [1.54, 1.807) is 13.8 Å². The van der Waals surface area contributed by atoms with Gasteiger partial charge in [0.1, 0.15) is 0 Å². The first-order chi connectivity index (χ1) is 5.82. The minimum absolute atomic E-state index is 0.208. The van der Waals surface area contributed by atoms with Crippen molar-refractivity contribution in [3.8, 4) is 0 Å². The van der Waals surface area contributed by atoms with E-state index in [0.717, 1.165) is 11.3 Å². The van der Waals surface area contributed by atoms with E-state index in [2.05, 4.69) is 20.9 Å². The van der Waals surface area contributed by atoms with Crippen molar-refractivity contribution in [1.29, 1.82) is 0 Å². The summed E-state index contributed by atoms with van der Waals surface area (Å²) in [5, 5.41) is 9.89. The van der Waals surface area contributed by atoms with Crippen LogP contribution in [0.25, 0.3) is 0 Å². The zero-order valence-corrected chi connectivity index (χ0v) is 9.42. The normalized spacial score (nSPS) is 14.6. The van der Waals surface area contributed by atoms with Gasteiger partial charge in [-0.2, -0.15) is 8.78 Å². The summed E-state index contributed by atoms with van der Waals surface area (Å²) < 4.78 is 25.3. The lowest BCUT2D eigenvalue weighted by molar-refractivity contribution is -0.0279. The third-order valence-corrected chi connectivity index (χ3v) is 3.06. The summed E-state index contributed by atoms with van der Waals surface area (Å²) in [7, 11) is 0. The van der Waals surface area contributed by atoms with Crippen LogP contribution in [0.15, 0.2) is 0 Å². The summed E-state index contributed by atoms with van der Waals surface area (Å²) in [6.07, 6.45) is -1.82. The van der Waals surface area contributed by atoms with Crippen molar-refractivity contribution in [2.75, 3.05) is 0 Å².